The highest BCUT2D eigenvalue weighted by Gasteiger charge is 2.21. The van der Waals surface area contributed by atoms with Crippen LogP contribution in [-0.4, -0.2) is 29.0 Å². The van der Waals surface area contributed by atoms with Crippen molar-refractivity contribution in [3.63, 3.8) is 0 Å². The third kappa shape index (κ3) is 3.79. The Morgan fingerprint density at radius 2 is 1.70 bits per heavy atom. The predicted octanol–water partition coefficient (Wildman–Crippen LogP) is 3.54. The molecule has 0 aliphatic carbocycles. The van der Waals surface area contributed by atoms with Crippen LogP contribution in [0, 0.1) is 11.6 Å². The molecule has 0 atom stereocenters. The molecule has 7 nitrogen and oxygen atoms in total. The maximum Gasteiger partial charge on any atom is 0.276 e. The van der Waals surface area contributed by atoms with Crippen molar-refractivity contribution >= 4 is 39.3 Å². The highest BCUT2D eigenvalue weighted by atomic mass is 35.5. The van der Waals surface area contributed by atoms with Crippen molar-refractivity contribution in [1.82, 2.24) is 14.4 Å². The van der Waals surface area contributed by atoms with E-state index in [4.69, 9.17) is 0 Å². The van der Waals surface area contributed by atoms with Crippen molar-refractivity contribution < 1.29 is 17.2 Å². The number of aromatic amines is 1. The number of aromatic nitrogens is 3. The molecule has 0 bridgehead atoms. The normalized spacial score (nSPS) is 11.3. The van der Waals surface area contributed by atoms with E-state index in [1.807, 2.05) is 0 Å². The number of sulfone groups is 1. The fraction of sp³-hybridized carbons (Fsp3) is 0.0526. The number of halogens is 3. The molecule has 2 aromatic carbocycles. The summed E-state index contributed by atoms with van der Waals surface area (Å²) >= 11 is 0. The van der Waals surface area contributed by atoms with Gasteiger partial charge < -0.3 is 10.3 Å². The molecule has 0 saturated carbocycles. The van der Waals surface area contributed by atoms with Gasteiger partial charge in [0.15, 0.2) is 27.0 Å². The quantitative estimate of drug-likeness (QED) is 0.493. The summed E-state index contributed by atoms with van der Waals surface area (Å²) < 4.78 is 53.1. The van der Waals surface area contributed by atoms with Gasteiger partial charge in [0.25, 0.3) is 5.56 Å². The minimum absolute atomic E-state index is 0. The minimum Gasteiger partial charge on any atom is -0.338 e. The van der Waals surface area contributed by atoms with E-state index < -0.39 is 27.0 Å². The lowest BCUT2D eigenvalue weighted by molar-refractivity contribution is 0.587. The fourth-order valence-corrected chi connectivity index (χ4v) is 3.58. The van der Waals surface area contributed by atoms with Gasteiger partial charge in [0, 0.05) is 24.3 Å². The Kier molecular flexibility index (Phi) is 5.64. The summed E-state index contributed by atoms with van der Waals surface area (Å²) in [6, 6.07) is 9.24. The standard InChI is InChI=1S/C19H14F2N4O3S.ClH/c1-29(27,28)12-7-5-11(6-8-12)23-17-16-19(26)22-9-10-25(16)18(24-17)15-13(20)3-2-4-14(15)21;/h2-10,23H,1H3,(H,22,26);1H. The van der Waals surface area contributed by atoms with Gasteiger partial charge in [0.2, 0.25) is 0 Å². The highest BCUT2D eigenvalue weighted by molar-refractivity contribution is 7.90. The van der Waals surface area contributed by atoms with Crippen LogP contribution in [0.1, 0.15) is 0 Å². The molecule has 0 saturated heterocycles. The largest absolute Gasteiger partial charge is 0.338 e. The highest BCUT2D eigenvalue weighted by Crippen LogP contribution is 2.29. The third-order valence-corrected chi connectivity index (χ3v) is 5.42. The van der Waals surface area contributed by atoms with E-state index in [0.717, 1.165) is 18.4 Å². The molecule has 11 heteroatoms. The Balaban J connectivity index is 0.00000256. The van der Waals surface area contributed by atoms with Crippen LogP contribution in [0.4, 0.5) is 20.3 Å². The molecule has 0 radical (unpaired) electrons. The van der Waals surface area contributed by atoms with Gasteiger partial charge >= 0.3 is 0 Å². The van der Waals surface area contributed by atoms with Crippen molar-refractivity contribution in [3.05, 3.63) is 76.8 Å². The van der Waals surface area contributed by atoms with Crippen molar-refractivity contribution in [2.75, 3.05) is 11.6 Å². The zero-order chi connectivity index (χ0) is 20.8. The summed E-state index contributed by atoms with van der Waals surface area (Å²) in [6.07, 6.45) is 3.86. The average molecular weight is 453 g/mol. The summed E-state index contributed by atoms with van der Waals surface area (Å²) in [5.74, 6) is -1.66. The number of rotatable bonds is 4. The third-order valence-electron chi connectivity index (χ3n) is 4.30. The second-order valence-electron chi connectivity index (χ2n) is 6.31. The fourth-order valence-electron chi connectivity index (χ4n) is 2.95. The van der Waals surface area contributed by atoms with Crippen LogP contribution in [0.15, 0.2) is 64.5 Å². The number of imidazole rings is 1. The predicted molar refractivity (Wildman–Crippen MR) is 111 cm³/mol. The molecule has 30 heavy (non-hydrogen) atoms. The number of hydrogen-bond acceptors (Lipinski definition) is 5. The van der Waals surface area contributed by atoms with E-state index in [-0.39, 0.29) is 40.0 Å². The molecule has 0 unspecified atom stereocenters. The van der Waals surface area contributed by atoms with Crippen LogP contribution in [0.25, 0.3) is 16.9 Å². The monoisotopic (exact) mass is 452 g/mol. The molecule has 4 aromatic rings. The van der Waals surface area contributed by atoms with Crippen molar-refractivity contribution in [2.45, 2.75) is 4.90 Å². The lowest BCUT2D eigenvalue weighted by Gasteiger charge is -2.04. The number of nitrogens with zero attached hydrogens (tertiary/aromatic N) is 2. The molecule has 2 aromatic heterocycles. The summed E-state index contributed by atoms with van der Waals surface area (Å²) in [5.41, 5.74) is -0.384. The molecule has 0 aliphatic rings. The van der Waals surface area contributed by atoms with Gasteiger partial charge in [-0.1, -0.05) is 6.07 Å². The molecule has 2 N–H and O–H groups in total. The first-order chi connectivity index (χ1) is 13.8. The number of H-pyrrole nitrogens is 1. The van der Waals surface area contributed by atoms with Crippen LogP contribution >= 0.6 is 12.4 Å². The van der Waals surface area contributed by atoms with Crippen LogP contribution in [-0.2, 0) is 9.84 Å². The van der Waals surface area contributed by atoms with Crippen molar-refractivity contribution in [2.24, 2.45) is 0 Å². The first-order valence-corrected chi connectivity index (χ1v) is 10.3. The van der Waals surface area contributed by atoms with Crippen molar-refractivity contribution in [3.8, 4) is 11.4 Å². The van der Waals surface area contributed by atoms with Gasteiger partial charge in [-0.2, -0.15) is 0 Å². The van der Waals surface area contributed by atoms with Gasteiger partial charge in [-0.25, -0.2) is 22.2 Å². The number of fused-ring (bicyclic) bond motifs is 1. The van der Waals surface area contributed by atoms with E-state index >= 15 is 0 Å². The summed E-state index contributed by atoms with van der Waals surface area (Å²) in [4.78, 5) is 19.2. The Hall–Kier alpha value is -3.24. The molecule has 0 amide bonds. The van der Waals surface area contributed by atoms with E-state index in [1.54, 1.807) is 0 Å². The van der Waals surface area contributed by atoms with E-state index in [9.17, 15) is 22.0 Å². The Morgan fingerprint density at radius 1 is 1.07 bits per heavy atom. The summed E-state index contributed by atoms with van der Waals surface area (Å²) in [5, 5.41) is 2.90. The average Bonchev–Trinajstić information content (AvgIpc) is 3.01. The zero-order valence-electron chi connectivity index (χ0n) is 15.4. The molecular weight excluding hydrogens is 438 g/mol. The second kappa shape index (κ2) is 7.88. The topological polar surface area (TPSA) is 96.3 Å². The first-order valence-electron chi connectivity index (χ1n) is 8.37. The van der Waals surface area contributed by atoms with Crippen LogP contribution in [0.2, 0.25) is 0 Å². The maximum atomic E-state index is 14.3. The Morgan fingerprint density at radius 3 is 2.30 bits per heavy atom. The number of nitrogens with one attached hydrogen (secondary N) is 2. The first kappa shape index (κ1) is 21.5. The minimum atomic E-state index is -3.36. The summed E-state index contributed by atoms with van der Waals surface area (Å²) in [6.45, 7) is 0. The van der Waals surface area contributed by atoms with E-state index in [2.05, 4.69) is 15.3 Å². The number of anilines is 2. The number of hydrogen-bond donors (Lipinski definition) is 2. The van der Waals surface area contributed by atoms with Gasteiger partial charge in [0.1, 0.15) is 11.6 Å². The SMILES string of the molecule is CS(=O)(=O)c1ccc(Nc2nc(-c3c(F)cccc3F)n3cc[nH]c(=O)c23)cc1.Cl. The molecule has 4 rings (SSSR count). The van der Waals surface area contributed by atoms with Gasteiger partial charge in [-0.3, -0.25) is 9.20 Å². The Bertz CT molecular complexity index is 1380. The molecule has 0 fully saturated rings. The smallest absolute Gasteiger partial charge is 0.276 e. The van der Waals surface area contributed by atoms with Gasteiger partial charge in [-0.05, 0) is 36.4 Å². The maximum absolute atomic E-state index is 14.3. The summed E-state index contributed by atoms with van der Waals surface area (Å²) in [7, 11) is -3.36. The second-order valence-corrected chi connectivity index (χ2v) is 8.33. The Labute approximate surface area is 175 Å². The van der Waals surface area contributed by atoms with E-state index in [0.29, 0.717) is 5.69 Å². The molecule has 156 valence electrons. The van der Waals surface area contributed by atoms with Crippen molar-refractivity contribution in [1.29, 1.82) is 0 Å². The lowest BCUT2D eigenvalue weighted by Crippen LogP contribution is -2.09. The number of benzene rings is 2. The van der Waals surface area contributed by atoms with E-state index in [1.165, 1.54) is 47.1 Å². The molecule has 0 spiro atoms. The van der Waals surface area contributed by atoms with Gasteiger partial charge in [0.05, 0.1) is 10.5 Å². The van der Waals surface area contributed by atoms with Crippen LogP contribution < -0.4 is 10.9 Å². The van der Waals surface area contributed by atoms with Crippen LogP contribution in [0.5, 0.6) is 0 Å². The van der Waals surface area contributed by atoms with Crippen LogP contribution in [0.3, 0.4) is 0 Å². The molecular formula is C19H15ClF2N4O3S. The lowest BCUT2D eigenvalue weighted by atomic mass is 10.2. The molecule has 2 heterocycles. The molecule has 0 aliphatic heterocycles. The zero-order valence-corrected chi connectivity index (χ0v) is 17.0. The van der Waals surface area contributed by atoms with Gasteiger partial charge in [-0.15, -0.1) is 12.4 Å².